The van der Waals surface area contributed by atoms with Crippen LogP contribution in [0.25, 0.3) is 6.08 Å². The molecule has 108 valence electrons. The first-order chi connectivity index (χ1) is 9.43. The first-order valence-electron chi connectivity index (χ1n) is 6.26. The SMILES string of the molecule is COC(=O)c1cc(N)ccc1/C=C/C(=O)OCC(C)C. The van der Waals surface area contributed by atoms with Crippen molar-refractivity contribution in [1.82, 2.24) is 0 Å². The monoisotopic (exact) mass is 277 g/mol. The van der Waals surface area contributed by atoms with Crippen LogP contribution >= 0.6 is 0 Å². The summed E-state index contributed by atoms with van der Waals surface area (Å²) < 4.78 is 9.68. The first kappa shape index (κ1) is 15.8. The van der Waals surface area contributed by atoms with Gasteiger partial charge in [-0.2, -0.15) is 0 Å². The number of carbonyl (C=O) groups is 2. The quantitative estimate of drug-likeness (QED) is 0.507. The molecule has 0 bridgehead atoms. The number of hydrogen-bond acceptors (Lipinski definition) is 5. The molecule has 2 N–H and O–H groups in total. The Bertz CT molecular complexity index is 521. The van der Waals surface area contributed by atoms with Gasteiger partial charge in [0.2, 0.25) is 0 Å². The largest absolute Gasteiger partial charge is 0.465 e. The van der Waals surface area contributed by atoms with E-state index in [1.165, 1.54) is 25.3 Å². The molecule has 0 atom stereocenters. The van der Waals surface area contributed by atoms with Gasteiger partial charge in [-0.1, -0.05) is 19.9 Å². The molecule has 1 rings (SSSR count). The second kappa shape index (κ2) is 7.33. The number of carbonyl (C=O) groups excluding carboxylic acids is 2. The number of anilines is 1. The summed E-state index contributed by atoms with van der Waals surface area (Å²) in [6.45, 7) is 4.26. The minimum atomic E-state index is -0.507. The minimum Gasteiger partial charge on any atom is -0.465 e. The maximum absolute atomic E-state index is 11.6. The molecular formula is C15H19NO4. The van der Waals surface area contributed by atoms with Crippen LogP contribution in [0.4, 0.5) is 5.69 Å². The zero-order valence-electron chi connectivity index (χ0n) is 11.9. The van der Waals surface area contributed by atoms with Crippen molar-refractivity contribution in [2.24, 2.45) is 5.92 Å². The predicted octanol–water partition coefficient (Wildman–Crippen LogP) is 2.27. The topological polar surface area (TPSA) is 78.6 Å². The Balaban J connectivity index is 2.86. The van der Waals surface area contributed by atoms with Crippen LogP contribution in [-0.2, 0) is 14.3 Å². The molecule has 0 heterocycles. The molecule has 0 aliphatic rings. The van der Waals surface area contributed by atoms with Crippen molar-refractivity contribution >= 4 is 23.7 Å². The standard InChI is InChI=1S/C15H19NO4/c1-10(2)9-20-14(17)7-5-11-4-6-12(16)8-13(11)15(18)19-3/h4-8,10H,9,16H2,1-3H3/b7-5+. The van der Waals surface area contributed by atoms with Crippen LogP contribution in [0.2, 0.25) is 0 Å². The van der Waals surface area contributed by atoms with E-state index in [-0.39, 0.29) is 5.92 Å². The third kappa shape index (κ3) is 4.76. The lowest BCUT2D eigenvalue weighted by atomic mass is 10.1. The fraction of sp³-hybridized carbons (Fsp3) is 0.333. The third-order valence-corrected chi connectivity index (χ3v) is 2.44. The fourth-order valence-corrected chi connectivity index (χ4v) is 1.46. The molecule has 0 aliphatic carbocycles. The van der Waals surface area contributed by atoms with E-state index >= 15 is 0 Å². The van der Waals surface area contributed by atoms with Crippen LogP contribution in [0.1, 0.15) is 29.8 Å². The smallest absolute Gasteiger partial charge is 0.338 e. The highest BCUT2D eigenvalue weighted by molar-refractivity contribution is 5.96. The van der Waals surface area contributed by atoms with Crippen LogP contribution in [0.15, 0.2) is 24.3 Å². The molecule has 0 saturated heterocycles. The predicted molar refractivity (Wildman–Crippen MR) is 77.0 cm³/mol. The Morgan fingerprint density at radius 3 is 2.65 bits per heavy atom. The molecule has 0 aliphatic heterocycles. The molecule has 1 aromatic carbocycles. The van der Waals surface area contributed by atoms with Crippen LogP contribution in [0.5, 0.6) is 0 Å². The highest BCUT2D eigenvalue weighted by Crippen LogP contribution is 2.16. The van der Waals surface area contributed by atoms with Crippen molar-refractivity contribution in [3.05, 3.63) is 35.4 Å². The van der Waals surface area contributed by atoms with Crippen molar-refractivity contribution in [3.63, 3.8) is 0 Å². The van der Waals surface area contributed by atoms with Gasteiger partial charge in [0.1, 0.15) is 0 Å². The van der Waals surface area contributed by atoms with E-state index in [2.05, 4.69) is 4.74 Å². The maximum atomic E-state index is 11.6. The van der Waals surface area contributed by atoms with E-state index < -0.39 is 11.9 Å². The Labute approximate surface area is 118 Å². The minimum absolute atomic E-state index is 0.273. The zero-order chi connectivity index (χ0) is 15.1. The summed E-state index contributed by atoms with van der Waals surface area (Å²) in [6, 6.07) is 4.80. The van der Waals surface area contributed by atoms with E-state index in [9.17, 15) is 9.59 Å². The van der Waals surface area contributed by atoms with Gasteiger partial charge in [0.15, 0.2) is 0 Å². The summed E-state index contributed by atoms with van der Waals surface area (Å²) in [5, 5.41) is 0. The van der Waals surface area contributed by atoms with Gasteiger partial charge in [-0.15, -0.1) is 0 Å². The van der Waals surface area contributed by atoms with Crippen LogP contribution in [0.3, 0.4) is 0 Å². The number of nitrogens with two attached hydrogens (primary N) is 1. The molecule has 5 nitrogen and oxygen atoms in total. The van der Waals surface area contributed by atoms with E-state index in [1.807, 2.05) is 13.8 Å². The average Bonchev–Trinajstić information content (AvgIpc) is 2.42. The van der Waals surface area contributed by atoms with E-state index in [4.69, 9.17) is 10.5 Å². The van der Waals surface area contributed by atoms with Crippen LogP contribution < -0.4 is 5.73 Å². The van der Waals surface area contributed by atoms with Gasteiger partial charge in [-0.25, -0.2) is 9.59 Å². The van der Waals surface area contributed by atoms with E-state index in [0.717, 1.165) is 0 Å². The maximum Gasteiger partial charge on any atom is 0.338 e. The van der Waals surface area contributed by atoms with Crippen molar-refractivity contribution in [2.45, 2.75) is 13.8 Å². The lowest BCUT2D eigenvalue weighted by molar-refractivity contribution is -0.138. The summed E-state index contributed by atoms with van der Waals surface area (Å²) in [5.74, 6) is -0.687. The Morgan fingerprint density at radius 2 is 2.05 bits per heavy atom. The molecule has 0 unspecified atom stereocenters. The molecule has 0 fully saturated rings. The fourth-order valence-electron chi connectivity index (χ4n) is 1.46. The highest BCUT2D eigenvalue weighted by atomic mass is 16.5. The Kier molecular flexibility index (Phi) is 5.77. The summed E-state index contributed by atoms with van der Waals surface area (Å²) in [6.07, 6.45) is 2.79. The molecule has 5 heteroatoms. The molecular weight excluding hydrogens is 258 g/mol. The van der Waals surface area contributed by atoms with Gasteiger partial charge in [0.05, 0.1) is 19.3 Å². The molecule has 20 heavy (non-hydrogen) atoms. The molecule has 0 spiro atoms. The lowest BCUT2D eigenvalue weighted by Crippen LogP contribution is -2.07. The second-order valence-corrected chi connectivity index (χ2v) is 4.70. The lowest BCUT2D eigenvalue weighted by Gasteiger charge is -2.06. The van der Waals surface area contributed by atoms with Crippen LogP contribution in [-0.4, -0.2) is 25.7 Å². The molecule has 0 amide bonds. The van der Waals surface area contributed by atoms with Crippen molar-refractivity contribution < 1.29 is 19.1 Å². The van der Waals surface area contributed by atoms with E-state index in [1.54, 1.807) is 12.1 Å². The molecule has 0 saturated carbocycles. The summed E-state index contributed by atoms with van der Waals surface area (Å²) >= 11 is 0. The number of esters is 2. The summed E-state index contributed by atoms with van der Waals surface area (Å²) in [5.41, 5.74) is 6.94. The molecule has 0 aromatic heterocycles. The average molecular weight is 277 g/mol. The number of benzene rings is 1. The number of methoxy groups -OCH3 is 1. The number of rotatable bonds is 5. The number of hydrogen-bond donors (Lipinski definition) is 1. The van der Waals surface area contributed by atoms with Gasteiger partial charge in [0.25, 0.3) is 0 Å². The van der Waals surface area contributed by atoms with Gasteiger partial charge in [-0.05, 0) is 29.7 Å². The van der Waals surface area contributed by atoms with Gasteiger partial charge in [-0.3, -0.25) is 0 Å². The molecule has 1 aromatic rings. The van der Waals surface area contributed by atoms with Gasteiger partial charge < -0.3 is 15.2 Å². The Hall–Kier alpha value is -2.30. The number of ether oxygens (including phenoxy) is 2. The highest BCUT2D eigenvalue weighted by Gasteiger charge is 2.10. The van der Waals surface area contributed by atoms with Gasteiger partial charge in [0, 0.05) is 11.8 Å². The van der Waals surface area contributed by atoms with Crippen LogP contribution in [0, 0.1) is 5.92 Å². The van der Waals surface area contributed by atoms with E-state index in [0.29, 0.717) is 23.4 Å². The summed E-state index contributed by atoms with van der Waals surface area (Å²) in [7, 11) is 1.29. The van der Waals surface area contributed by atoms with Crippen molar-refractivity contribution in [2.75, 3.05) is 19.5 Å². The second-order valence-electron chi connectivity index (χ2n) is 4.70. The third-order valence-electron chi connectivity index (χ3n) is 2.44. The Morgan fingerprint density at radius 1 is 1.35 bits per heavy atom. The van der Waals surface area contributed by atoms with Crippen molar-refractivity contribution in [1.29, 1.82) is 0 Å². The zero-order valence-corrected chi connectivity index (χ0v) is 11.9. The normalized spacial score (nSPS) is 10.8. The summed E-state index contributed by atoms with van der Waals surface area (Å²) in [4.78, 5) is 23.1. The number of nitrogen functional groups attached to an aromatic ring is 1. The van der Waals surface area contributed by atoms with Crippen molar-refractivity contribution in [3.8, 4) is 0 Å². The van der Waals surface area contributed by atoms with Gasteiger partial charge >= 0.3 is 11.9 Å². The molecule has 0 radical (unpaired) electrons. The first-order valence-corrected chi connectivity index (χ1v) is 6.26.